The van der Waals surface area contributed by atoms with E-state index in [-0.39, 0.29) is 31.0 Å². The smallest absolute Gasteiger partial charge is 0.258 e. The van der Waals surface area contributed by atoms with Gasteiger partial charge in [-0.2, -0.15) is 24.7 Å². The molecule has 2 rings (SSSR count). The van der Waals surface area contributed by atoms with E-state index < -0.39 is 13.0 Å². The Labute approximate surface area is 117 Å². The summed E-state index contributed by atoms with van der Waals surface area (Å²) in [6, 6.07) is 0. The van der Waals surface area contributed by atoms with Crippen LogP contribution in [0.2, 0.25) is 0 Å². The molecule has 0 saturated carbocycles. The van der Waals surface area contributed by atoms with Crippen LogP contribution >= 0.6 is 0 Å². The van der Waals surface area contributed by atoms with Crippen LogP contribution in [0.3, 0.4) is 0 Å². The molecule has 0 atom stereocenters. The Morgan fingerprint density at radius 1 is 1.38 bits per heavy atom. The molecule has 114 valence electrons. The number of nitrogens with zero attached hydrogens (tertiary/aromatic N) is 7. The first-order chi connectivity index (χ1) is 10.1. The minimum atomic E-state index is -2.61. The van der Waals surface area contributed by atoms with Gasteiger partial charge in [-0.25, -0.2) is 19.6 Å². The number of anilines is 2. The number of alkyl halides is 2. The second-order valence-electron chi connectivity index (χ2n) is 3.80. The fourth-order valence-electron chi connectivity index (χ4n) is 1.53. The predicted octanol–water partition coefficient (Wildman–Crippen LogP) is -1.20. The van der Waals surface area contributed by atoms with E-state index >= 15 is 0 Å². The number of nitrogens with two attached hydrogens (primary N) is 1. The Bertz CT molecular complexity index is 564. The molecule has 0 spiro atoms. The van der Waals surface area contributed by atoms with Crippen molar-refractivity contribution in [2.45, 2.75) is 6.43 Å². The quantitative estimate of drug-likeness (QED) is 0.426. The molecule has 0 aliphatic carbocycles. The molecule has 0 aliphatic rings. The number of aromatic nitrogens is 6. The zero-order valence-corrected chi connectivity index (χ0v) is 10.8. The third-order valence-electron chi connectivity index (χ3n) is 2.38. The summed E-state index contributed by atoms with van der Waals surface area (Å²) in [5.74, 6) is 5.23. The monoisotopic (exact) mass is 301 g/mol. The molecule has 0 radical (unpaired) electrons. The minimum Gasteiger partial charge on any atom is -0.395 e. The van der Waals surface area contributed by atoms with Crippen molar-refractivity contribution < 1.29 is 13.9 Å². The molecule has 0 aromatic carbocycles. The van der Waals surface area contributed by atoms with Crippen molar-refractivity contribution in [2.24, 2.45) is 5.84 Å². The zero-order valence-electron chi connectivity index (χ0n) is 10.8. The number of hydrogen-bond acceptors (Lipinski definition) is 9. The molecule has 0 aliphatic heterocycles. The summed E-state index contributed by atoms with van der Waals surface area (Å²) in [7, 11) is 0. The minimum absolute atomic E-state index is 0.0253. The number of hydrazine groups is 1. The average molecular weight is 301 g/mol. The fourth-order valence-corrected chi connectivity index (χ4v) is 1.53. The van der Waals surface area contributed by atoms with Crippen LogP contribution < -0.4 is 16.2 Å². The first-order valence-electron chi connectivity index (χ1n) is 5.85. The average Bonchev–Trinajstić information content (AvgIpc) is 3.00. The summed E-state index contributed by atoms with van der Waals surface area (Å²) >= 11 is 0. The van der Waals surface area contributed by atoms with Crippen molar-refractivity contribution in [1.82, 2.24) is 29.7 Å². The third kappa shape index (κ3) is 3.76. The van der Waals surface area contributed by atoms with Gasteiger partial charge in [-0.3, -0.25) is 5.43 Å². The number of aliphatic hydroxyl groups is 1. The molecule has 0 unspecified atom stereocenters. The molecule has 2 aromatic rings. The highest BCUT2D eigenvalue weighted by atomic mass is 19.3. The highest BCUT2D eigenvalue weighted by Crippen LogP contribution is 2.13. The van der Waals surface area contributed by atoms with Crippen molar-refractivity contribution in [1.29, 1.82) is 0 Å². The Morgan fingerprint density at radius 2 is 2.19 bits per heavy atom. The predicted molar refractivity (Wildman–Crippen MR) is 67.9 cm³/mol. The normalized spacial score (nSPS) is 10.9. The Morgan fingerprint density at radius 3 is 2.76 bits per heavy atom. The maximum Gasteiger partial charge on any atom is 0.258 e. The van der Waals surface area contributed by atoms with Crippen LogP contribution in [0.4, 0.5) is 20.7 Å². The van der Waals surface area contributed by atoms with E-state index in [2.05, 4.69) is 30.5 Å². The lowest BCUT2D eigenvalue weighted by Gasteiger charge is -2.21. The number of nitrogen functional groups attached to an aromatic ring is 1. The van der Waals surface area contributed by atoms with Gasteiger partial charge in [0.15, 0.2) is 0 Å². The maximum absolute atomic E-state index is 12.6. The fraction of sp³-hybridized carbons (Fsp3) is 0.444. The van der Waals surface area contributed by atoms with Gasteiger partial charge >= 0.3 is 0 Å². The molecule has 0 saturated heterocycles. The number of nitrogens with one attached hydrogen (secondary N) is 1. The van der Waals surface area contributed by atoms with E-state index in [1.165, 1.54) is 17.3 Å². The number of halogens is 2. The van der Waals surface area contributed by atoms with Crippen LogP contribution in [0.25, 0.3) is 5.95 Å². The van der Waals surface area contributed by atoms with E-state index in [0.29, 0.717) is 0 Å². The van der Waals surface area contributed by atoms with Crippen LogP contribution in [0.15, 0.2) is 12.7 Å². The van der Waals surface area contributed by atoms with Crippen molar-refractivity contribution in [3.8, 4) is 5.95 Å². The van der Waals surface area contributed by atoms with Crippen molar-refractivity contribution >= 4 is 11.9 Å². The van der Waals surface area contributed by atoms with Crippen LogP contribution in [-0.4, -0.2) is 60.9 Å². The molecule has 4 N–H and O–H groups in total. The van der Waals surface area contributed by atoms with E-state index in [9.17, 15) is 8.78 Å². The summed E-state index contributed by atoms with van der Waals surface area (Å²) in [4.78, 5) is 16.7. The van der Waals surface area contributed by atoms with Gasteiger partial charge < -0.3 is 10.0 Å². The van der Waals surface area contributed by atoms with Crippen LogP contribution in [0, 0.1) is 0 Å². The topological polar surface area (TPSA) is 131 Å². The highest BCUT2D eigenvalue weighted by Gasteiger charge is 2.18. The zero-order chi connectivity index (χ0) is 15.2. The summed E-state index contributed by atoms with van der Waals surface area (Å²) in [6.45, 7) is -1.02. The standard InChI is InChI=1S/C9H13F2N9O/c10-6(11)3-19(1-2-21)8-15-7(18-12)16-9(17-8)20-5-13-4-14-20/h4-6,21H,1-3,12H2,(H,15,16,17,18). The Balaban J connectivity index is 2.38. The summed E-state index contributed by atoms with van der Waals surface area (Å²) < 4.78 is 26.4. The highest BCUT2D eigenvalue weighted by molar-refractivity contribution is 5.39. The van der Waals surface area contributed by atoms with E-state index in [4.69, 9.17) is 10.9 Å². The van der Waals surface area contributed by atoms with Gasteiger partial charge in [0.1, 0.15) is 12.7 Å². The van der Waals surface area contributed by atoms with E-state index in [1.807, 2.05) is 0 Å². The van der Waals surface area contributed by atoms with Crippen LogP contribution in [0.1, 0.15) is 0 Å². The SMILES string of the molecule is NNc1nc(N(CCO)CC(F)F)nc(-n2cncn2)n1. The largest absolute Gasteiger partial charge is 0.395 e. The van der Waals surface area contributed by atoms with Crippen molar-refractivity contribution in [2.75, 3.05) is 30.0 Å². The number of aliphatic hydroxyl groups excluding tert-OH is 1. The van der Waals surface area contributed by atoms with Gasteiger partial charge in [0.05, 0.1) is 13.2 Å². The molecular weight excluding hydrogens is 288 g/mol. The number of hydrogen-bond donors (Lipinski definition) is 3. The molecule has 10 nitrogen and oxygen atoms in total. The van der Waals surface area contributed by atoms with Crippen LogP contribution in [0.5, 0.6) is 0 Å². The number of rotatable bonds is 7. The van der Waals surface area contributed by atoms with Gasteiger partial charge in [-0.1, -0.05) is 0 Å². The molecular formula is C9H13F2N9O. The molecule has 0 bridgehead atoms. The molecule has 2 aromatic heterocycles. The second-order valence-corrected chi connectivity index (χ2v) is 3.80. The second kappa shape index (κ2) is 6.81. The lowest BCUT2D eigenvalue weighted by atomic mass is 10.5. The maximum atomic E-state index is 12.6. The van der Waals surface area contributed by atoms with Crippen molar-refractivity contribution in [3.05, 3.63) is 12.7 Å². The molecule has 2 heterocycles. The van der Waals surface area contributed by atoms with Crippen molar-refractivity contribution in [3.63, 3.8) is 0 Å². The van der Waals surface area contributed by atoms with Gasteiger partial charge in [-0.15, -0.1) is 0 Å². The molecule has 0 fully saturated rings. The molecule has 21 heavy (non-hydrogen) atoms. The lowest BCUT2D eigenvalue weighted by Crippen LogP contribution is -2.34. The first-order valence-corrected chi connectivity index (χ1v) is 5.85. The Kier molecular flexibility index (Phi) is 4.84. The summed E-state index contributed by atoms with van der Waals surface area (Å²) in [5.41, 5.74) is 2.22. The first kappa shape index (κ1) is 14.9. The molecule has 0 amide bonds. The van der Waals surface area contributed by atoms with Crippen LogP contribution in [-0.2, 0) is 0 Å². The third-order valence-corrected chi connectivity index (χ3v) is 2.38. The van der Waals surface area contributed by atoms with Gasteiger partial charge in [0.2, 0.25) is 11.9 Å². The summed E-state index contributed by atoms with van der Waals surface area (Å²) in [5, 5.41) is 12.8. The lowest BCUT2D eigenvalue weighted by molar-refractivity contribution is 0.152. The van der Waals surface area contributed by atoms with Gasteiger partial charge in [-0.05, 0) is 0 Å². The van der Waals surface area contributed by atoms with E-state index in [1.54, 1.807) is 0 Å². The van der Waals surface area contributed by atoms with Gasteiger partial charge in [0.25, 0.3) is 12.4 Å². The molecule has 12 heteroatoms. The Hall–Kier alpha value is -2.47. The summed E-state index contributed by atoms with van der Waals surface area (Å²) in [6.07, 6.45) is -0.00977. The van der Waals surface area contributed by atoms with E-state index in [0.717, 1.165) is 4.90 Å². The van der Waals surface area contributed by atoms with Gasteiger partial charge in [0, 0.05) is 6.54 Å².